The highest BCUT2D eigenvalue weighted by Gasteiger charge is 1.98. The molecule has 0 heterocycles. The van der Waals surface area contributed by atoms with E-state index in [-0.39, 0.29) is 18.2 Å². The zero-order valence-electron chi connectivity index (χ0n) is 5.27. The number of hydrogen-bond acceptors (Lipinski definition) is 2. The Morgan fingerprint density at radius 2 is 2.00 bits per heavy atom. The summed E-state index contributed by atoms with van der Waals surface area (Å²) in [5.74, 6) is 0. The molecule has 0 bridgehead atoms. The first-order valence-corrected chi connectivity index (χ1v) is 3.69. The van der Waals surface area contributed by atoms with Gasteiger partial charge in [-0.3, -0.25) is 0 Å². The van der Waals surface area contributed by atoms with Crippen molar-refractivity contribution in [3.63, 3.8) is 0 Å². The fraction of sp³-hybridized carbons (Fsp3) is 1.00. The Labute approximate surface area is 65.0 Å². The Hall–Kier alpha value is 0.500. The summed E-state index contributed by atoms with van der Waals surface area (Å²) in [5.41, 5.74) is 0. The Bertz CT molecular complexity index is 60.9. The van der Waals surface area contributed by atoms with Crippen molar-refractivity contribution in [1.29, 1.82) is 0 Å². The third kappa shape index (κ3) is 6.38. The zero-order valence-corrected chi connectivity index (χ0v) is 6.78. The van der Waals surface area contributed by atoms with Gasteiger partial charge >= 0.3 is 0 Å². The topological polar surface area (TPSA) is 18.5 Å². The first-order valence-electron chi connectivity index (χ1n) is 2.62. The van der Waals surface area contributed by atoms with Crippen LogP contribution in [0, 0.1) is 0 Å². The largest absolute Gasteiger partial charge is 0.363 e. The maximum Gasteiger partial charge on any atom is 0.121 e. The quantitative estimate of drug-likeness (QED) is 0.590. The van der Waals surface area contributed by atoms with Crippen LogP contribution >= 0.6 is 23.2 Å². The van der Waals surface area contributed by atoms with Gasteiger partial charge in [-0.25, -0.2) is 0 Å². The van der Waals surface area contributed by atoms with Gasteiger partial charge in [0.2, 0.25) is 0 Å². The van der Waals surface area contributed by atoms with Gasteiger partial charge in [-0.1, -0.05) is 23.2 Å². The average Bonchev–Trinajstić information content (AvgIpc) is 1.85. The van der Waals surface area contributed by atoms with E-state index in [4.69, 9.17) is 32.7 Å². The summed E-state index contributed by atoms with van der Waals surface area (Å²) >= 11 is 10.5. The monoisotopic (exact) mass is 172 g/mol. The van der Waals surface area contributed by atoms with Gasteiger partial charge in [0.15, 0.2) is 0 Å². The molecular formula is C5H10Cl2O2. The molecule has 0 fully saturated rings. The molecule has 0 N–H and O–H groups in total. The molecule has 0 aliphatic heterocycles. The highest BCUT2D eigenvalue weighted by atomic mass is 35.5. The van der Waals surface area contributed by atoms with Crippen LogP contribution in [0.15, 0.2) is 0 Å². The van der Waals surface area contributed by atoms with Gasteiger partial charge in [0.25, 0.3) is 0 Å². The smallest absolute Gasteiger partial charge is 0.121 e. The fourth-order valence-electron chi connectivity index (χ4n) is 0.366. The van der Waals surface area contributed by atoms with Crippen LogP contribution in [-0.2, 0) is 9.47 Å². The van der Waals surface area contributed by atoms with Crippen LogP contribution in [0.3, 0.4) is 0 Å². The standard InChI is InChI=1S/C5H10Cl2O2/c1-5(9-4-7)2-8-3-6/h5H,2-4H2,1H3. The molecule has 56 valence electrons. The van der Waals surface area contributed by atoms with Crippen LogP contribution in [0.1, 0.15) is 6.92 Å². The van der Waals surface area contributed by atoms with E-state index < -0.39 is 0 Å². The third-order valence-electron chi connectivity index (χ3n) is 0.777. The van der Waals surface area contributed by atoms with E-state index in [1.807, 2.05) is 6.92 Å². The molecule has 0 aliphatic rings. The molecule has 1 unspecified atom stereocenters. The Kier molecular flexibility index (Phi) is 6.99. The molecule has 4 heteroatoms. The molecule has 0 aromatic carbocycles. The lowest BCUT2D eigenvalue weighted by molar-refractivity contribution is 0.0251. The van der Waals surface area contributed by atoms with Crippen LogP contribution in [-0.4, -0.2) is 24.8 Å². The Morgan fingerprint density at radius 1 is 1.33 bits per heavy atom. The van der Waals surface area contributed by atoms with E-state index >= 15 is 0 Å². The first-order chi connectivity index (χ1) is 4.31. The lowest BCUT2D eigenvalue weighted by Crippen LogP contribution is -2.14. The van der Waals surface area contributed by atoms with Crippen LogP contribution in [0.5, 0.6) is 0 Å². The summed E-state index contributed by atoms with van der Waals surface area (Å²) in [5, 5.41) is 0. The summed E-state index contributed by atoms with van der Waals surface area (Å²) in [6.45, 7) is 2.37. The predicted molar refractivity (Wildman–Crippen MR) is 37.9 cm³/mol. The van der Waals surface area contributed by atoms with Crippen LogP contribution < -0.4 is 0 Å². The molecule has 9 heavy (non-hydrogen) atoms. The van der Waals surface area contributed by atoms with Crippen molar-refractivity contribution in [2.45, 2.75) is 13.0 Å². The normalized spacial score (nSPS) is 13.7. The zero-order chi connectivity index (χ0) is 7.11. The molecule has 0 rings (SSSR count). The summed E-state index contributed by atoms with van der Waals surface area (Å²) in [6.07, 6.45) is 0.0289. The summed E-state index contributed by atoms with van der Waals surface area (Å²) in [4.78, 5) is 0. The molecule has 0 aromatic rings. The molecule has 1 atom stereocenters. The molecular weight excluding hydrogens is 163 g/mol. The van der Waals surface area contributed by atoms with E-state index in [2.05, 4.69) is 0 Å². The van der Waals surface area contributed by atoms with Crippen molar-refractivity contribution < 1.29 is 9.47 Å². The molecule has 0 aromatic heterocycles. The lowest BCUT2D eigenvalue weighted by Gasteiger charge is -2.08. The minimum Gasteiger partial charge on any atom is -0.363 e. The third-order valence-corrected chi connectivity index (χ3v) is 1.06. The number of rotatable bonds is 5. The average molecular weight is 173 g/mol. The van der Waals surface area contributed by atoms with Crippen LogP contribution in [0.2, 0.25) is 0 Å². The second-order valence-corrected chi connectivity index (χ2v) is 2.00. The Balaban J connectivity index is 2.95. The molecule has 2 nitrogen and oxygen atoms in total. The first kappa shape index (κ1) is 9.50. The Morgan fingerprint density at radius 3 is 2.44 bits per heavy atom. The van der Waals surface area contributed by atoms with Crippen molar-refractivity contribution in [2.75, 3.05) is 18.7 Å². The van der Waals surface area contributed by atoms with Gasteiger partial charge in [-0.05, 0) is 6.92 Å². The van der Waals surface area contributed by atoms with Gasteiger partial charge in [0.1, 0.15) is 12.1 Å². The number of hydrogen-bond donors (Lipinski definition) is 0. The highest BCUT2D eigenvalue weighted by Crippen LogP contribution is 1.93. The van der Waals surface area contributed by atoms with Gasteiger partial charge < -0.3 is 9.47 Å². The van der Waals surface area contributed by atoms with Crippen molar-refractivity contribution in [1.82, 2.24) is 0 Å². The summed E-state index contributed by atoms with van der Waals surface area (Å²) < 4.78 is 9.76. The molecule has 0 saturated carbocycles. The number of alkyl halides is 2. The fourth-order valence-corrected chi connectivity index (χ4v) is 0.670. The van der Waals surface area contributed by atoms with Crippen molar-refractivity contribution in [3.8, 4) is 0 Å². The van der Waals surface area contributed by atoms with Crippen molar-refractivity contribution >= 4 is 23.2 Å². The van der Waals surface area contributed by atoms with E-state index in [0.29, 0.717) is 6.61 Å². The lowest BCUT2D eigenvalue weighted by atomic mass is 10.4. The van der Waals surface area contributed by atoms with E-state index in [9.17, 15) is 0 Å². The van der Waals surface area contributed by atoms with Crippen LogP contribution in [0.25, 0.3) is 0 Å². The maximum absolute atomic E-state index is 5.26. The minimum absolute atomic E-state index is 0.0289. The molecule has 0 aliphatic carbocycles. The predicted octanol–water partition coefficient (Wildman–Crippen LogP) is 1.80. The highest BCUT2D eigenvalue weighted by molar-refractivity contribution is 6.17. The summed E-state index contributed by atoms with van der Waals surface area (Å²) in [7, 11) is 0. The maximum atomic E-state index is 5.26. The summed E-state index contributed by atoms with van der Waals surface area (Å²) in [6, 6.07) is 0.406. The molecule has 0 amide bonds. The molecule has 0 spiro atoms. The number of ether oxygens (including phenoxy) is 2. The van der Waals surface area contributed by atoms with Gasteiger partial charge in [0, 0.05) is 0 Å². The van der Waals surface area contributed by atoms with E-state index in [1.54, 1.807) is 0 Å². The SMILES string of the molecule is CC(COCCl)OCCl. The van der Waals surface area contributed by atoms with Crippen LogP contribution in [0.4, 0.5) is 0 Å². The molecule has 0 radical (unpaired) electrons. The van der Waals surface area contributed by atoms with Crippen molar-refractivity contribution in [3.05, 3.63) is 0 Å². The second-order valence-electron chi connectivity index (χ2n) is 1.57. The number of halogens is 2. The van der Waals surface area contributed by atoms with E-state index in [0.717, 1.165) is 0 Å². The van der Waals surface area contributed by atoms with E-state index in [1.165, 1.54) is 0 Å². The van der Waals surface area contributed by atoms with Gasteiger partial charge in [-0.15, -0.1) is 0 Å². The molecule has 0 saturated heterocycles. The second kappa shape index (κ2) is 6.62. The van der Waals surface area contributed by atoms with Gasteiger partial charge in [-0.2, -0.15) is 0 Å². The van der Waals surface area contributed by atoms with Crippen molar-refractivity contribution in [2.24, 2.45) is 0 Å². The van der Waals surface area contributed by atoms with Gasteiger partial charge in [0.05, 0.1) is 12.7 Å². The minimum atomic E-state index is 0.0289.